The van der Waals surface area contributed by atoms with E-state index in [9.17, 15) is 4.79 Å². The van der Waals surface area contributed by atoms with E-state index in [-0.39, 0.29) is 5.56 Å². The maximum absolute atomic E-state index is 13.2. The molecule has 3 heterocycles. The van der Waals surface area contributed by atoms with Gasteiger partial charge in [0.2, 0.25) is 18.1 Å². The van der Waals surface area contributed by atoms with Gasteiger partial charge in [0.05, 0.1) is 17.5 Å². The maximum atomic E-state index is 13.2. The fourth-order valence-electron chi connectivity index (χ4n) is 3.41. The number of aryl methyl sites for hydroxylation is 1. The molecule has 3 aromatic heterocycles. The van der Waals surface area contributed by atoms with Crippen molar-refractivity contribution in [1.29, 1.82) is 0 Å². The van der Waals surface area contributed by atoms with Crippen LogP contribution in [0.1, 0.15) is 36.8 Å². The fourth-order valence-corrected chi connectivity index (χ4v) is 3.77. The number of hydrogen-bond acceptors (Lipinski definition) is 6. The van der Waals surface area contributed by atoms with Crippen molar-refractivity contribution in [3.8, 4) is 11.7 Å². The predicted molar refractivity (Wildman–Crippen MR) is 113 cm³/mol. The molecule has 1 aliphatic rings. The molecule has 5 rings (SSSR count). The highest BCUT2D eigenvalue weighted by Gasteiger charge is 2.25. The van der Waals surface area contributed by atoms with E-state index in [2.05, 4.69) is 16.0 Å². The molecule has 7 nitrogen and oxygen atoms in total. The normalized spacial score (nSPS) is 14.0. The summed E-state index contributed by atoms with van der Waals surface area (Å²) in [6, 6.07) is 9.65. The molecule has 148 valence electrons. The minimum Gasteiger partial charge on any atom is -0.377 e. The summed E-state index contributed by atoms with van der Waals surface area (Å²) in [6.45, 7) is 4.36. The molecule has 4 aromatic rings. The van der Waals surface area contributed by atoms with Crippen molar-refractivity contribution in [3.63, 3.8) is 0 Å². The molecule has 8 heteroatoms. The first-order chi connectivity index (χ1) is 14.2. The Labute approximate surface area is 171 Å². The maximum Gasteiger partial charge on any atom is 0.267 e. The zero-order valence-corrected chi connectivity index (χ0v) is 17.0. The van der Waals surface area contributed by atoms with Crippen LogP contribution in [0.15, 0.2) is 47.7 Å². The Balaban J connectivity index is 1.70. The van der Waals surface area contributed by atoms with Gasteiger partial charge in [-0.2, -0.15) is 0 Å². The van der Waals surface area contributed by atoms with Crippen molar-refractivity contribution in [2.75, 3.05) is 6.61 Å². The second kappa shape index (κ2) is 7.20. The number of pyridine rings is 1. The van der Waals surface area contributed by atoms with Crippen molar-refractivity contribution in [3.05, 3.63) is 64.3 Å². The molecule has 1 aliphatic carbocycles. The molecule has 0 N–H and O–H groups in total. The second-order valence-electron chi connectivity index (χ2n) is 7.20. The molecule has 0 unspecified atom stereocenters. The molecule has 1 fully saturated rings. The summed E-state index contributed by atoms with van der Waals surface area (Å²) in [7, 11) is 0. The van der Waals surface area contributed by atoms with Gasteiger partial charge >= 0.3 is 0 Å². The molecule has 1 aromatic carbocycles. The fraction of sp³-hybridized carbons (Fsp3) is 0.286. The van der Waals surface area contributed by atoms with E-state index in [1.165, 1.54) is 29.3 Å². The third-order valence-electron chi connectivity index (χ3n) is 5.05. The van der Waals surface area contributed by atoms with Crippen LogP contribution in [0.25, 0.3) is 22.4 Å². The Bertz CT molecular complexity index is 1280. The van der Waals surface area contributed by atoms with Crippen LogP contribution < -0.4 is 9.74 Å². The van der Waals surface area contributed by atoms with Crippen LogP contribution in [0.4, 0.5) is 0 Å². The summed E-state index contributed by atoms with van der Waals surface area (Å²) in [5.74, 6) is 1.42. The van der Waals surface area contributed by atoms with Crippen molar-refractivity contribution >= 4 is 28.9 Å². The topological polar surface area (TPSA) is 70.7 Å². The number of imidazole rings is 1. The molecule has 0 radical (unpaired) electrons. The van der Waals surface area contributed by atoms with E-state index >= 15 is 0 Å². The first kappa shape index (κ1) is 18.2. The zero-order valence-electron chi connectivity index (χ0n) is 16.2. The molecule has 0 amide bonds. The first-order valence-electron chi connectivity index (χ1n) is 9.62. The first-order valence-corrected chi connectivity index (χ1v) is 10.3. The van der Waals surface area contributed by atoms with Crippen molar-refractivity contribution in [1.82, 2.24) is 18.9 Å². The summed E-state index contributed by atoms with van der Waals surface area (Å²) < 4.78 is 14.4. The molecular formula is C21H20N4O3S. The number of benzene rings is 1. The zero-order chi connectivity index (χ0) is 20.0. The van der Waals surface area contributed by atoms with Crippen molar-refractivity contribution in [2.45, 2.75) is 32.6 Å². The van der Waals surface area contributed by atoms with Gasteiger partial charge in [0.15, 0.2) is 0 Å². The SMILES string of the molecule is CCOSOc1c(-n2cnc3cc(C)ccc3c2=O)nc2ccc(C3CC3)cn12. The van der Waals surface area contributed by atoms with Gasteiger partial charge < -0.3 is 4.18 Å². The van der Waals surface area contributed by atoms with Gasteiger partial charge in [0.25, 0.3) is 11.4 Å². The minimum atomic E-state index is -0.188. The molecule has 0 atom stereocenters. The summed E-state index contributed by atoms with van der Waals surface area (Å²) in [5, 5.41) is 0.539. The quantitative estimate of drug-likeness (QED) is 0.352. The van der Waals surface area contributed by atoms with Gasteiger partial charge in [0.1, 0.15) is 12.0 Å². The van der Waals surface area contributed by atoms with Gasteiger partial charge in [-0.3, -0.25) is 13.4 Å². The number of aromatic nitrogens is 4. The molecule has 0 spiro atoms. The minimum absolute atomic E-state index is 0.188. The van der Waals surface area contributed by atoms with Crippen LogP contribution in [-0.2, 0) is 4.18 Å². The van der Waals surface area contributed by atoms with Crippen LogP contribution in [-0.4, -0.2) is 25.5 Å². The largest absolute Gasteiger partial charge is 0.377 e. The van der Waals surface area contributed by atoms with Crippen LogP contribution in [0.5, 0.6) is 5.88 Å². The van der Waals surface area contributed by atoms with E-state index in [1.807, 2.05) is 42.6 Å². The van der Waals surface area contributed by atoms with E-state index in [1.54, 1.807) is 6.07 Å². The Kier molecular flexibility index (Phi) is 4.52. The van der Waals surface area contributed by atoms with Crippen LogP contribution in [0.2, 0.25) is 0 Å². The molecule has 0 bridgehead atoms. The summed E-state index contributed by atoms with van der Waals surface area (Å²) in [6.07, 6.45) is 5.94. The summed E-state index contributed by atoms with van der Waals surface area (Å²) >= 11 is 0.879. The summed E-state index contributed by atoms with van der Waals surface area (Å²) in [5.41, 5.74) is 3.48. The van der Waals surface area contributed by atoms with Gasteiger partial charge in [-0.05, 0) is 61.9 Å². The van der Waals surface area contributed by atoms with E-state index in [0.29, 0.717) is 40.8 Å². The lowest BCUT2D eigenvalue weighted by Crippen LogP contribution is -2.19. The third kappa shape index (κ3) is 3.28. The Morgan fingerprint density at radius 1 is 1.24 bits per heavy atom. The standard InChI is InChI=1S/C21H20N4O3S/c1-3-27-29-28-21-19(23-18-9-7-15(11-24(18)21)14-5-6-14)25-12-22-17-10-13(2)4-8-16(17)20(25)26/h4,7-12,14H,3,5-6H2,1-2H3. The van der Waals surface area contributed by atoms with Gasteiger partial charge in [0, 0.05) is 6.20 Å². The number of fused-ring (bicyclic) bond motifs is 2. The predicted octanol–water partition coefficient (Wildman–Crippen LogP) is 4.20. The van der Waals surface area contributed by atoms with E-state index in [4.69, 9.17) is 8.37 Å². The Hall–Kier alpha value is -2.84. The van der Waals surface area contributed by atoms with Crippen molar-refractivity contribution in [2.24, 2.45) is 0 Å². The monoisotopic (exact) mass is 408 g/mol. The van der Waals surface area contributed by atoms with E-state index in [0.717, 1.165) is 17.9 Å². The highest BCUT2D eigenvalue weighted by atomic mass is 32.2. The Morgan fingerprint density at radius 2 is 2.10 bits per heavy atom. The molecule has 0 aliphatic heterocycles. The average molecular weight is 408 g/mol. The smallest absolute Gasteiger partial charge is 0.267 e. The Morgan fingerprint density at radius 3 is 2.90 bits per heavy atom. The van der Waals surface area contributed by atoms with Gasteiger partial charge in [-0.25, -0.2) is 14.5 Å². The summed E-state index contributed by atoms with van der Waals surface area (Å²) in [4.78, 5) is 22.3. The van der Waals surface area contributed by atoms with Crippen LogP contribution in [0.3, 0.4) is 0 Å². The van der Waals surface area contributed by atoms with Crippen LogP contribution >= 0.6 is 12.3 Å². The molecular weight excluding hydrogens is 388 g/mol. The average Bonchev–Trinajstić information content (AvgIpc) is 3.51. The van der Waals surface area contributed by atoms with Gasteiger partial charge in [-0.15, -0.1) is 0 Å². The van der Waals surface area contributed by atoms with Gasteiger partial charge in [-0.1, -0.05) is 12.1 Å². The lowest BCUT2D eigenvalue weighted by atomic mass is 10.2. The van der Waals surface area contributed by atoms with E-state index < -0.39 is 0 Å². The lowest BCUT2D eigenvalue weighted by molar-refractivity contribution is 0.366. The lowest BCUT2D eigenvalue weighted by Gasteiger charge is -2.08. The highest BCUT2D eigenvalue weighted by Crippen LogP contribution is 2.40. The second-order valence-corrected chi connectivity index (χ2v) is 7.74. The molecule has 0 saturated heterocycles. The number of hydrogen-bond donors (Lipinski definition) is 0. The molecule has 1 saturated carbocycles. The molecule has 29 heavy (non-hydrogen) atoms. The van der Waals surface area contributed by atoms with Crippen molar-refractivity contribution < 1.29 is 8.37 Å². The third-order valence-corrected chi connectivity index (χ3v) is 5.61. The van der Waals surface area contributed by atoms with Crippen LogP contribution in [0, 0.1) is 6.92 Å². The number of nitrogens with zero attached hydrogens (tertiary/aromatic N) is 4. The highest BCUT2D eigenvalue weighted by molar-refractivity contribution is 7.90. The number of rotatable bonds is 6.